The number of amides is 1. The number of hydrogen-bond donors (Lipinski definition) is 1. The topological polar surface area (TPSA) is 72.7 Å². The average Bonchev–Trinajstić information content (AvgIpc) is 3.26. The number of aryl methyl sites for hydroxylation is 1. The average molecular weight is 355 g/mol. The molecule has 3 rings (SSSR count). The maximum Gasteiger partial charge on any atom is 0.257 e. The third kappa shape index (κ3) is 3.93. The Morgan fingerprint density at radius 2 is 1.92 bits per heavy atom. The summed E-state index contributed by atoms with van der Waals surface area (Å²) < 4.78 is 1.78. The van der Waals surface area contributed by atoms with E-state index < -0.39 is 0 Å². The molecular formula is C18H21N5OS. The Morgan fingerprint density at radius 1 is 1.20 bits per heavy atom. The quantitative estimate of drug-likeness (QED) is 0.719. The first-order chi connectivity index (χ1) is 12.1. The number of aromatic nitrogens is 4. The second kappa shape index (κ2) is 7.57. The number of nitrogens with one attached hydrogen (secondary N) is 1. The van der Waals surface area contributed by atoms with Crippen molar-refractivity contribution in [3.8, 4) is 5.69 Å². The Labute approximate surface area is 150 Å². The molecule has 0 unspecified atom stereocenters. The van der Waals surface area contributed by atoms with Crippen LogP contribution >= 0.6 is 11.3 Å². The first kappa shape index (κ1) is 17.3. The molecule has 0 spiro atoms. The third-order valence-corrected chi connectivity index (χ3v) is 5.10. The smallest absolute Gasteiger partial charge is 0.257 e. The Morgan fingerprint density at radius 3 is 2.52 bits per heavy atom. The molecule has 0 saturated carbocycles. The van der Waals surface area contributed by atoms with Crippen LogP contribution in [0.25, 0.3) is 5.69 Å². The van der Waals surface area contributed by atoms with Crippen molar-refractivity contribution in [2.75, 3.05) is 5.32 Å². The van der Waals surface area contributed by atoms with Crippen LogP contribution in [-0.4, -0.2) is 25.9 Å². The summed E-state index contributed by atoms with van der Waals surface area (Å²) >= 11 is 1.45. The molecule has 0 aliphatic carbocycles. The third-order valence-electron chi connectivity index (χ3n) is 4.10. The van der Waals surface area contributed by atoms with Crippen LogP contribution in [-0.2, 0) is 0 Å². The number of nitrogens with zero attached hydrogens (tertiary/aromatic N) is 4. The number of carbonyl (C=O) groups excluding carboxylic acids is 1. The molecule has 0 bridgehead atoms. The summed E-state index contributed by atoms with van der Waals surface area (Å²) in [6, 6.07) is 7.31. The first-order valence-electron chi connectivity index (χ1n) is 8.37. The van der Waals surface area contributed by atoms with Gasteiger partial charge in [0.25, 0.3) is 5.91 Å². The minimum atomic E-state index is -0.185. The lowest BCUT2D eigenvalue weighted by Crippen LogP contribution is -2.11. The summed E-state index contributed by atoms with van der Waals surface area (Å²) in [6.45, 7) is 6.26. The molecule has 1 amide bonds. The van der Waals surface area contributed by atoms with Gasteiger partial charge in [0, 0.05) is 17.7 Å². The summed E-state index contributed by atoms with van der Waals surface area (Å²) in [4.78, 5) is 12.4. The van der Waals surface area contributed by atoms with Gasteiger partial charge in [0.1, 0.15) is 5.01 Å². The minimum absolute atomic E-state index is 0.185. The molecule has 130 valence electrons. The monoisotopic (exact) mass is 355 g/mol. The lowest BCUT2D eigenvalue weighted by atomic mass is 10.1. The van der Waals surface area contributed by atoms with E-state index in [9.17, 15) is 4.79 Å². The SMILES string of the molecule is CCC(CC)c1nnc(NC(=O)c2ccc(-n3cc(C)cn3)cc2)s1. The van der Waals surface area contributed by atoms with E-state index in [0.717, 1.165) is 29.1 Å². The molecule has 2 heterocycles. The summed E-state index contributed by atoms with van der Waals surface area (Å²) in [5.74, 6) is 0.218. The Balaban J connectivity index is 1.69. The number of rotatable bonds is 6. The van der Waals surface area contributed by atoms with Crippen molar-refractivity contribution in [3.05, 3.63) is 52.8 Å². The number of carbonyl (C=O) groups is 1. The molecule has 3 aromatic rings. The fourth-order valence-corrected chi connectivity index (χ4v) is 3.58. The fraction of sp³-hybridized carbons (Fsp3) is 0.333. The van der Waals surface area contributed by atoms with Crippen molar-refractivity contribution < 1.29 is 4.79 Å². The summed E-state index contributed by atoms with van der Waals surface area (Å²) in [5, 5.41) is 16.9. The maximum atomic E-state index is 12.4. The van der Waals surface area contributed by atoms with Crippen molar-refractivity contribution in [1.29, 1.82) is 0 Å². The zero-order valence-corrected chi connectivity index (χ0v) is 15.4. The Kier molecular flexibility index (Phi) is 5.23. The molecule has 0 aliphatic rings. The lowest BCUT2D eigenvalue weighted by molar-refractivity contribution is 0.102. The van der Waals surface area contributed by atoms with Gasteiger partial charge in [-0.3, -0.25) is 10.1 Å². The van der Waals surface area contributed by atoms with Crippen molar-refractivity contribution in [2.45, 2.75) is 39.5 Å². The second-order valence-electron chi connectivity index (χ2n) is 5.92. The highest BCUT2D eigenvalue weighted by molar-refractivity contribution is 7.15. The second-order valence-corrected chi connectivity index (χ2v) is 6.93. The van der Waals surface area contributed by atoms with Gasteiger partial charge in [-0.25, -0.2) is 4.68 Å². The van der Waals surface area contributed by atoms with E-state index in [4.69, 9.17) is 0 Å². The van der Waals surface area contributed by atoms with E-state index in [1.54, 1.807) is 23.0 Å². The molecule has 0 atom stereocenters. The molecule has 6 nitrogen and oxygen atoms in total. The van der Waals surface area contributed by atoms with Crippen LogP contribution < -0.4 is 5.32 Å². The van der Waals surface area contributed by atoms with Gasteiger partial charge in [-0.2, -0.15) is 5.10 Å². The number of benzene rings is 1. The highest BCUT2D eigenvalue weighted by Gasteiger charge is 2.15. The van der Waals surface area contributed by atoms with Crippen LogP contribution in [0.15, 0.2) is 36.7 Å². The van der Waals surface area contributed by atoms with Crippen LogP contribution in [0.2, 0.25) is 0 Å². The van der Waals surface area contributed by atoms with Crippen LogP contribution in [0.3, 0.4) is 0 Å². The van der Waals surface area contributed by atoms with Gasteiger partial charge in [0.05, 0.1) is 11.9 Å². The zero-order chi connectivity index (χ0) is 17.8. The molecule has 25 heavy (non-hydrogen) atoms. The van der Waals surface area contributed by atoms with Gasteiger partial charge < -0.3 is 0 Å². The molecule has 7 heteroatoms. The van der Waals surface area contributed by atoms with E-state index in [1.807, 2.05) is 25.3 Å². The Hall–Kier alpha value is -2.54. The highest BCUT2D eigenvalue weighted by atomic mass is 32.1. The normalized spacial score (nSPS) is 11.0. The largest absolute Gasteiger partial charge is 0.296 e. The van der Waals surface area contributed by atoms with Crippen LogP contribution in [0.4, 0.5) is 5.13 Å². The lowest BCUT2D eigenvalue weighted by Gasteiger charge is -2.06. The van der Waals surface area contributed by atoms with Crippen LogP contribution in [0.1, 0.15) is 53.5 Å². The predicted molar refractivity (Wildman–Crippen MR) is 99.5 cm³/mol. The van der Waals surface area contributed by atoms with E-state index in [1.165, 1.54) is 11.3 Å². The van der Waals surface area contributed by atoms with E-state index in [0.29, 0.717) is 16.6 Å². The summed E-state index contributed by atoms with van der Waals surface area (Å²) in [7, 11) is 0. The van der Waals surface area contributed by atoms with Crippen LogP contribution in [0, 0.1) is 6.92 Å². The van der Waals surface area contributed by atoms with Gasteiger partial charge in [0.15, 0.2) is 0 Å². The summed E-state index contributed by atoms with van der Waals surface area (Å²) in [5.41, 5.74) is 2.58. The van der Waals surface area contributed by atoms with E-state index in [-0.39, 0.29) is 5.91 Å². The van der Waals surface area contributed by atoms with Gasteiger partial charge in [0.2, 0.25) is 5.13 Å². The fourth-order valence-electron chi connectivity index (χ4n) is 2.58. The zero-order valence-electron chi connectivity index (χ0n) is 14.6. The molecule has 0 saturated heterocycles. The van der Waals surface area contributed by atoms with Gasteiger partial charge in [-0.15, -0.1) is 10.2 Å². The van der Waals surface area contributed by atoms with Crippen molar-refractivity contribution >= 4 is 22.4 Å². The maximum absolute atomic E-state index is 12.4. The van der Waals surface area contributed by atoms with Gasteiger partial charge >= 0.3 is 0 Å². The Bertz CT molecular complexity index is 848. The predicted octanol–water partition coefficient (Wildman–Crippen LogP) is 4.19. The van der Waals surface area contributed by atoms with Crippen LogP contribution in [0.5, 0.6) is 0 Å². The van der Waals surface area contributed by atoms with E-state index in [2.05, 4.69) is 34.5 Å². The number of anilines is 1. The highest BCUT2D eigenvalue weighted by Crippen LogP contribution is 2.28. The molecule has 0 radical (unpaired) electrons. The molecule has 1 aromatic carbocycles. The van der Waals surface area contributed by atoms with Gasteiger partial charge in [-0.1, -0.05) is 25.2 Å². The molecule has 1 N–H and O–H groups in total. The molecule has 0 fully saturated rings. The standard InChI is InChI=1S/C18H21N5OS/c1-4-13(5-2)17-21-22-18(25-17)20-16(24)14-6-8-15(9-7-14)23-11-12(3)10-19-23/h6-11,13H,4-5H2,1-3H3,(H,20,22,24). The van der Waals surface area contributed by atoms with Crippen molar-refractivity contribution in [3.63, 3.8) is 0 Å². The number of hydrogen-bond acceptors (Lipinski definition) is 5. The molecular weight excluding hydrogens is 334 g/mol. The molecule has 2 aromatic heterocycles. The first-order valence-corrected chi connectivity index (χ1v) is 9.18. The minimum Gasteiger partial charge on any atom is -0.296 e. The van der Waals surface area contributed by atoms with Crippen molar-refractivity contribution in [1.82, 2.24) is 20.0 Å². The van der Waals surface area contributed by atoms with E-state index >= 15 is 0 Å². The summed E-state index contributed by atoms with van der Waals surface area (Å²) in [6.07, 6.45) is 5.78. The van der Waals surface area contributed by atoms with Crippen molar-refractivity contribution in [2.24, 2.45) is 0 Å². The van der Waals surface area contributed by atoms with Gasteiger partial charge in [-0.05, 0) is 49.6 Å². The molecule has 0 aliphatic heterocycles.